The van der Waals surface area contributed by atoms with Crippen LogP contribution in [0.1, 0.15) is 42.5 Å². The van der Waals surface area contributed by atoms with Gasteiger partial charge in [-0.3, -0.25) is 4.90 Å². The van der Waals surface area contributed by atoms with E-state index in [1.807, 2.05) is 12.3 Å². The number of H-pyrrole nitrogens is 1. The zero-order valence-corrected chi connectivity index (χ0v) is 18.1. The second-order valence-electron chi connectivity index (χ2n) is 9.46. The Bertz CT molecular complexity index is 1050. The van der Waals surface area contributed by atoms with E-state index in [0.29, 0.717) is 0 Å². The zero-order valence-electron chi connectivity index (χ0n) is 18.1. The van der Waals surface area contributed by atoms with Crippen LogP contribution in [0.4, 0.5) is 0 Å². The standard InChI is InChI=1S/C26H31N3O2/c1-2-5-20(6-3-1)19-25(29-14-17-30-18-15-29)9-11-26(12-10-25)23-21(8-16-31-26)22-7-4-13-27-24(22)28-23/h1-7,13H,8-12,14-19H2,(H,27,28). The number of benzene rings is 1. The highest BCUT2D eigenvalue weighted by molar-refractivity contribution is 5.82. The molecule has 2 aromatic heterocycles. The fraction of sp³-hybridized carbons (Fsp3) is 0.500. The molecule has 162 valence electrons. The Morgan fingerprint density at radius 2 is 1.74 bits per heavy atom. The van der Waals surface area contributed by atoms with E-state index < -0.39 is 0 Å². The molecule has 1 spiro atoms. The van der Waals surface area contributed by atoms with Crippen LogP contribution < -0.4 is 0 Å². The van der Waals surface area contributed by atoms with Gasteiger partial charge in [-0.1, -0.05) is 30.3 Å². The summed E-state index contributed by atoms with van der Waals surface area (Å²) in [6.45, 7) is 4.55. The van der Waals surface area contributed by atoms with Gasteiger partial charge in [-0.2, -0.15) is 0 Å². The highest BCUT2D eigenvalue weighted by Gasteiger charge is 2.50. The van der Waals surface area contributed by atoms with E-state index in [9.17, 15) is 0 Å². The summed E-state index contributed by atoms with van der Waals surface area (Å²) < 4.78 is 12.3. The Labute approximate surface area is 183 Å². The van der Waals surface area contributed by atoms with Crippen LogP contribution in [0.2, 0.25) is 0 Å². The quantitative estimate of drug-likeness (QED) is 0.693. The van der Waals surface area contributed by atoms with Crippen molar-refractivity contribution in [2.24, 2.45) is 0 Å². The minimum Gasteiger partial charge on any atom is -0.379 e. The van der Waals surface area contributed by atoms with Crippen LogP contribution in [-0.2, 0) is 27.9 Å². The largest absolute Gasteiger partial charge is 0.379 e. The molecule has 31 heavy (non-hydrogen) atoms. The number of rotatable bonds is 3. The maximum Gasteiger partial charge on any atom is 0.137 e. The highest BCUT2D eigenvalue weighted by Crippen LogP contribution is 2.50. The number of aromatic amines is 1. The topological polar surface area (TPSA) is 50.4 Å². The molecule has 1 aromatic carbocycles. The van der Waals surface area contributed by atoms with Crippen molar-refractivity contribution < 1.29 is 9.47 Å². The lowest BCUT2D eigenvalue weighted by Gasteiger charge is -2.53. The summed E-state index contributed by atoms with van der Waals surface area (Å²) in [5.74, 6) is 0. The Kier molecular flexibility index (Phi) is 4.86. The lowest BCUT2D eigenvalue weighted by molar-refractivity contribution is -0.125. The first-order chi connectivity index (χ1) is 15.3. The summed E-state index contributed by atoms with van der Waals surface area (Å²) in [4.78, 5) is 11.0. The molecule has 2 fully saturated rings. The number of nitrogens with zero attached hydrogens (tertiary/aromatic N) is 2. The van der Waals surface area contributed by atoms with E-state index in [4.69, 9.17) is 9.47 Å². The molecule has 0 amide bonds. The third kappa shape index (κ3) is 3.30. The molecule has 0 unspecified atom stereocenters. The number of aromatic nitrogens is 2. The molecule has 1 N–H and O–H groups in total. The Hall–Kier alpha value is -2.21. The monoisotopic (exact) mass is 417 g/mol. The fourth-order valence-corrected chi connectivity index (χ4v) is 6.28. The maximum atomic E-state index is 6.59. The van der Waals surface area contributed by atoms with Crippen LogP contribution in [0.15, 0.2) is 48.7 Å². The summed E-state index contributed by atoms with van der Waals surface area (Å²) in [5, 5.41) is 1.27. The van der Waals surface area contributed by atoms with Gasteiger partial charge in [0.1, 0.15) is 11.2 Å². The smallest absolute Gasteiger partial charge is 0.137 e. The molecule has 1 saturated carbocycles. The molecule has 1 saturated heterocycles. The van der Waals surface area contributed by atoms with Gasteiger partial charge in [0, 0.05) is 30.2 Å². The van der Waals surface area contributed by atoms with E-state index in [1.165, 1.54) is 22.2 Å². The Morgan fingerprint density at radius 3 is 2.55 bits per heavy atom. The SMILES string of the molecule is c1ccc(CC2(N3CCOCC3)CCC3(CC2)OCCc2c3[nH]c3ncccc23)cc1. The summed E-state index contributed by atoms with van der Waals surface area (Å²) in [6, 6.07) is 15.3. The molecule has 0 atom stereocenters. The van der Waals surface area contributed by atoms with Gasteiger partial charge >= 0.3 is 0 Å². The normalized spacial score (nSPS) is 29.3. The summed E-state index contributed by atoms with van der Waals surface area (Å²) in [6.07, 6.45) is 8.34. The maximum absolute atomic E-state index is 6.59. The molecule has 2 aliphatic heterocycles. The lowest BCUT2D eigenvalue weighted by Crippen LogP contribution is -2.58. The van der Waals surface area contributed by atoms with Crippen molar-refractivity contribution in [2.75, 3.05) is 32.9 Å². The van der Waals surface area contributed by atoms with E-state index in [-0.39, 0.29) is 11.1 Å². The Balaban J connectivity index is 1.33. The minimum atomic E-state index is -0.194. The molecule has 1 aliphatic carbocycles. The van der Waals surface area contributed by atoms with Crippen molar-refractivity contribution in [3.8, 4) is 0 Å². The number of hydrogen-bond donors (Lipinski definition) is 1. The van der Waals surface area contributed by atoms with Crippen LogP contribution in [0.5, 0.6) is 0 Å². The average molecular weight is 418 g/mol. The molecular weight excluding hydrogens is 386 g/mol. The average Bonchev–Trinajstić information content (AvgIpc) is 3.23. The van der Waals surface area contributed by atoms with Gasteiger partial charge in [-0.25, -0.2) is 4.98 Å². The van der Waals surface area contributed by atoms with Gasteiger partial charge in [0.15, 0.2) is 0 Å². The van der Waals surface area contributed by atoms with E-state index >= 15 is 0 Å². The van der Waals surface area contributed by atoms with E-state index in [0.717, 1.165) is 77.1 Å². The molecule has 3 aromatic rings. The third-order valence-corrected chi connectivity index (χ3v) is 7.91. The van der Waals surface area contributed by atoms with Crippen LogP contribution in [0, 0.1) is 0 Å². The van der Waals surface area contributed by atoms with Crippen molar-refractivity contribution in [1.29, 1.82) is 0 Å². The van der Waals surface area contributed by atoms with Gasteiger partial charge < -0.3 is 14.5 Å². The number of morpholine rings is 1. The Morgan fingerprint density at radius 1 is 0.935 bits per heavy atom. The van der Waals surface area contributed by atoms with E-state index in [2.05, 4.69) is 51.3 Å². The van der Waals surface area contributed by atoms with Crippen LogP contribution >= 0.6 is 0 Å². The molecule has 3 aliphatic rings. The fourth-order valence-electron chi connectivity index (χ4n) is 6.28. The van der Waals surface area contributed by atoms with Gasteiger partial charge in [0.05, 0.1) is 25.5 Å². The van der Waals surface area contributed by atoms with Crippen LogP contribution in [-0.4, -0.2) is 53.3 Å². The molecule has 0 radical (unpaired) electrons. The van der Waals surface area contributed by atoms with Crippen molar-refractivity contribution in [2.45, 2.75) is 49.7 Å². The van der Waals surface area contributed by atoms with Crippen molar-refractivity contribution in [3.63, 3.8) is 0 Å². The number of fused-ring (bicyclic) bond motifs is 4. The zero-order chi connectivity index (χ0) is 20.7. The van der Waals surface area contributed by atoms with Gasteiger partial charge in [0.25, 0.3) is 0 Å². The second-order valence-corrected chi connectivity index (χ2v) is 9.46. The van der Waals surface area contributed by atoms with Gasteiger partial charge in [0.2, 0.25) is 0 Å². The molecule has 0 bridgehead atoms. The second kappa shape index (κ2) is 7.73. The van der Waals surface area contributed by atoms with Crippen LogP contribution in [0.3, 0.4) is 0 Å². The molecule has 4 heterocycles. The van der Waals surface area contributed by atoms with Crippen molar-refractivity contribution in [1.82, 2.24) is 14.9 Å². The molecule has 5 nitrogen and oxygen atoms in total. The highest BCUT2D eigenvalue weighted by atomic mass is 16.5. The predicted molar refractivity (Wildman–Crippen MR) is 121 cm³/mol. The van der Waals surface area contributed by atoms with E-state index in [1.54, 1.807) is 0 Å². The number of hydrogen-bond acceptors (Lipinski definition) is 4. The molecular formula is C26H31N3O2. The summed E-state index contributed by atoms with van der Waals surface area (Å²) in [5.41, 5.74) is 5.15. The number of ether oxygens (including phenoxy) is 2. The summed E-state index contributed by atoms with van der Waals surface area (Å²) in [7, 11) is 0. The lowest BCUT2D eigenvalue weighted by atomic mass is 9.68. The first kappa shape index (κ1) is 19.5. The predicted octanol–water partition coefficient (Wildman–Crippen LogP) is 4.22. The van der Waals surface area contributed by atoms with Gasteiger partial charge in [-0.15, -0.1) is 0 Å². The third-order valence-electron chi connectivity index (χ3n) is 7.91. The number of pyridine rings is 1. The minimum absolute atomic E-state index is 0.182. The first-order valence-electron chi connectivity index (χ1n) is 11.7. The summed E-state index contributed by atoms with van der Waals surface area (Å²) >= 11 is 0. The molecule has 5 heteroatoms. The van der Waals surface area contributed by atoms with Crippen LogP contribution in [0.25, 0.3) is 11.0 Å². The van der Waals surface area contributed by atoms with Gasteiger partial charge in [-0.05, 0) is 61.8 Å². The van der Waals surface area contributed by atoms with Crippen molar-refractivity contribution >= 4 is 11.0 Å². The molecule has 6 rings (SSSR count). The van der Waals surface area contributed by atoms with Crippen molar-refractivity contribution in [3.05, 3.63) is 65.5 Å². The number of nitrogens with one attached hydrogen (secondary N) is 1. The first-order valence-corrected chi connectivity index (χ1v) is 11.7.